The first kappa shape index (κ1) is 7.78. The third-order valence-electron chi connectivity index (χ3n) is 1.12. The first-order valence-electron chi connectivity index (χ1n) is 3.21. The Hall–Kier alpha value is -1.32. The molecule has 1 rings (SSSR count). The van der Waals surface area contributed by atoms with Crippen molar-refractivity contribution in [3.05, 3.63) is 12.0 Å². The summed E-state index contributed by atoms with van der Waals surface area (Å²) in [4.78, 5) is 20.9. The minimum atomic E-state index is -0.439. The maximum Gasteiger partial charge on any atom is 0.310 e. The Morgan fingerprint density at radius 2 is 2.45 bits per heavy atom. The van der Waals surface area contributed by atoms with Crippen LogP contribution in [0.1, 0.15) is 13.3 Å². The molecule has 0 amide bonds. The molecule has 0 saturated carbocycles. The molecule has 1 aliphatic heterocycles. The number of rotatable bonds is 1. The molecule has 0 aliphatic carbocycles. The number of hydrogen-bond donors (Lipinski definition) is 0. The van der Waals surface area contributed by atoms with Crippen LogP contribution in [-0.4, -0.2) is 18.4 Å². The maximum absolute atomic E-state index is 10.6. The van der Waals surface area contributed by atoms with Gasteiger partial charge in [-0.25, -0.2) is 0 Å². The maximum atomic E-state index is 10.6. The van der Waals surface area contributed by atoms with Crippen molar-refractivity contribution in [2.75, 3.05) is 6.61 Å². The molecule has 11 heavy (non-hydrogen) atoms. The minimum absolute atomic E-state index is 0.000880. The highest BCUT2D eigenvalue weighted by molar-refractivity contribution is 5.82. The zero-order chi connectivity index (χ0) is 8.27. The van der Waals surface area contributed by atoms with Gasteiger partial charge < -0.3 is 9.47 Å². The van der Waals surface area contributed by atoms with Crippen LogP contribution in [0.25, 0.3) is 0 Å². The number of esters is 1. The Bertz CT molecular complexity index is 216. The second-order valence-electron chi connectivity index (χ2n) is 2.15. The lowest BCUT2D eigenvalue weighted by Gasteiger charge is -2.11. The van der Waals surface area contributed by atoms with E-state index < -0.39 is 5.97 Å². The van der Waals surface area contributed by atoms with E-state index >= 15 is 0 Å². The van der Waals surface area contributed by atoms with E-state index in [1.54, 1.807) is 0 Å². The van der Waals surface area contributed by atoms with Crippen molar-refractivity contribution in [1.29, 1.82) is 0 Å². The van der Waals surface area contributed by atoms with Crippen LogP contribution in [0, 0.1) is 0 Å². The molecule has 0 saturated heterocycles. The van der Waals surface area contributed by atoms with Gasteiger partial charge in [-0.2, -0.15) is 0 Å². The van der Waals surface area contributed by atoms with E-state index in [0.29, 0.717) is 0 Å². The summed E-state index contributed by atoms with van der Waals surface area (Å²) >= 11 is 0. The van der Waals surface area contributed by atoms with Crippen LogP contribution in [0.15, 0.2) is 12.0 Å². The monoisotopic (exact) mass is 156 g/mol. The Morgan fingerprint density at radius 1 is 1.73 bits per heavy atom. The van der Waals surface area contributed by atoms with Gasteiger partial charge in [0.25, 0.3) is 5.95 Å². The summed E-state index contributed by atoms with van der Waals surface area (Å²) in [7, 11) is 0. The zero-order valence-electron chi connectivity index (χ0n) is 6.12. The summed E-state index contributed by atoms with van der Waals surface area (Å²) in [5.41, 5.74) is 0. The average molecular weight is 156 g/mol. The van der Waals surface area contributed by atoms with E-state index in [9.17, 15) is 9.59 Å². The summed E-state index contributed by atoms with van der Waals surface area (Å²) in [5.74, 6) is -0.316. The largest absolute Gasteiger partial charge is 0.457 e. The van der Waals surface area contributed by atoms with Gasteiger partial charge in [0.15, 0.2) is 5.78 Å². The van der Waals surface area contributed by atoms with Crippen LogP contribution in [0.5, 0.6) is 0 Å². The molecule has 0 aromatic heterocycles. The van der Waals surface area contributed by atoms with Gasteiger partial charge in [0, 0.05) is 19.4 Å². The molecule has 0 unspecified atom stereocenters. The molecule has 4 nitrogen and oxygen atoms in total. The summed E-state index contributed by atoms with van der Waals surface area (Å²) in [6, 6.07) is 0. The van der Waals surface area contributed by atoms with Gasteiger partial charge in [0.2, 0.25) is 0 Å². The normalized spacial score (nSPS) is 16.8. The summed E-state index contributed by atoms with van der Waals surface area (Å²) < 4.78 is 9.36. The van der Waals surface area contributed by atoms with Gasteiger partial charge >= 0.3 is 5.97 Å². The van der Waals surface area contributed by atoms with Crippen molar-refractivity contribution in [2.24, 2.45) is 0 Å². The third kappa shape index (κ3) is 2.41. The molecule has 0 fully saturated rings. The van der Waals surface area contributed by atoms with Gasteiger partial charge in [-0.05, 0) is 0 Å². The van der Waals surface area contributed by atoms with Crippen molar-refractivity contribution in [3.63, 3.8) is 0 Å². The second-order valence-corrected chi connectivity index (χ2v) is 2.15. The van der Waals surface area contributed by atoms with E-state index in [2.05, 4.69) is 4.74 Å². The van der Waals surface area contributed by atoms with Crippen molar-refractivity contribution in [2.45, 2.75) is 13.3 Å². The highest BCUT2D eigenvalue weighted by Gasteiger charge is 2.12. The minimum Gasteiger partial charge on any atom is -0.457 e. The van der Waals surface area contributed by atoms with Crippen molar-refractivity contribution >= 4 is 11.8 Å². The van der Waals surface area contributed by atoms with Crippen LogP contribution in [0.2, 0.25) is 0 Å². The first-order chi connectivity index (χ1) is 5.18. The van der Waals surface area contributed by atoms with Crippen molar-refractivity contribution in [3.8, 4) is 0 Å². The van der Waals surface area contributed by atoms with E-state index in [-0.39, 0.29) is 24.8 Å². The molecular formula is C7H8O4. The lowest BCUT2D eigenvalue weighted by Crippen LogP contribution is -2.15. The first-order valence-corrected chi connectivity index (χ1v) is 3.21. The van der Waals surface area contributed by atoms with E-state index in [1.807, 2.05) is 0 Å². The summed E-state index contributed by atoms with van der Waals surface area (Å²) in [5, 5.41) is 0. The number of Topliss-reactive ketones (excluding diaryl/α,β-unsaturated/α-hetero) is 1. The fourth-order valence-electron chi connectivity index (χ4n) is 0.679. The van der Waals surface area contributed by atoms with E-state index in [1.165, 1.54) is 13.0 Å². The standard InChI is InChI=1S/C7H8O4/c1-5(8)11-7-3-2-6(9)4-10-7/h3H,2,4H2,1H3. The highest BCUT2D eigenvalue weighted by Crippen LogP contribution is 2.08. The quantitative estimate of drug-likeness (QED) is 0.515. The van der Waals surface area contributed by atoms with Crippen LogP contribution in [0.4, 0.5) is 0 Å². The van der Waals surface area contributed by atoms with E-state index in [0.717, 1.165) is 0 Å². The Labute approximate surface area is 63.8 Å². The Balaban J connectivity index is 2.48. The number of carbonyl (C=O) groups is 2. The number of carbonyl (C=O) groups excluding carboxylic acids is 2. The van der Waals surface area contributed by atoms with Gasteiger partial charge in [-0.1, -0.05) is 0 Å². The molecule has 4 heteroatoms. The lowest BCUT2D eigenvalue weighted by molar-refractivity contribution is -0.145. The van der Waals surface area contributed by atoms with Gasteiger partial charge in [0.05, 0.1) is 0 Å². The molecule has 1 heterocycles. The molecule has 0 aromatic rings. The topological polar surface area (TPSA) is 52.6 Å². The second kappa shape index (κ2) is 3.18. The van der Waals surface area contributed by atoms with Gasteiger partial charge in [-0.15, -0.1) is 0 Å². The van der Waals surface area contributed by atoms with Gasteiger partial charge in [0.1, 0.15) is 6.61 Å². The van der Waals surface area contributed by atoms with E-state index in [4.69, 9.17) is 4.74 Å². The molecule has 60 valence electrons. The van der Waals surface area contributed by atoms with Crippen molar-refractivity contribution < 1.29 is 19.1 Å². The molecular weight excluding hydrogens is 148 g/mol. The number of ketones is 1. The fourth-order valence-corrected chi connectivity index (χ4v) is 0.679. The predicted molar refractivity (Wildman–Crippen MR) is 35.4 cm³/mol. The number of ether oxygens (including phenoxy) is 2. The average Bonchev–Trinajstić information content (AvgIpc) is 1.93. The zero-order valence-corrected chi connectivity index (χ0v) is 6.12. The van der Waals surface area contributed by atoms with Gasteiger partial charge in [-0.3, -0.25) is 9.59 Å². The van der Waals surface area contributed by atoms with Crippen LogP contribution in [-0.2, 0) is 19.1 Å². The van der Waals surface area contributed by atoms with Crippen LogP contribution >= 0.6 is 0 Å². The predicted octanol–water partition coefficient (Wildman–Crippen LogP) is 0.380. The molecule has 0 radical (unpaired) electrons. The molecule has 0 bridgehead atoms. The lowest BCUT2D eigenvalue weighted by atomic mass is 10.2. The highest BCUT2D eigenvalue weighted by atomic mass is 16.7. The SMILES string of the molecule is CC(=O)OC1=CCC(=O)CO1. The Kier molecular flexibility index (Phi) is 2.25. The molecule has 0 atom stereocenters. The number of hydrogen-bond acceptors (Lipinski definition) is 4. The molecule has 0 N–H and O–H groups in total. The number of allylic oxidation sites excluding steroid dienone is 1. The van der Waals surface area contributed by atoms with Crippen molar-refractivity contribution in [1.82, 2.24) is 0 Å². The van der Waals surface area contributed by atoms with Crippen LogP contribution in [0.3, 0.4) is 0 Å². The Morgan fingerprint density at radius 3 is 2.91 bits per heavy atom. The summed E-state index contributed by atoms with van der Waals surface area (Å²) in [6.45, 7) is 1.28. The molecule has 1 aliphatic rings. The molecule has 0 aromatic carbocycles. The molecule has 0 spiro atoms. The summed E-state index contributed by atoms with van der Waals surface area (Å²) in [6.07, 6.45) is 1.73. The van der Waals surface area contributed by atoms with Crippen LogP contribution < -0.4 is 0 Å². The third-order valence-corrected chi connectivity index (χ3v) is 1.12. The fraction of sp³-hybridized carbons (Fsp3) is 0.429. The smallest absolute Gasteiger partial charge is 0.310 e.